The average molecular weight is 440 g/mol. The van der Waals surface area contributed by atoms with E-state index in [4.69, 9.17) is 4.42 Å². The van der Waals surface area contributed by atoms with Crippen LogP contribution >= 0.6 is 0 Å². The van der Waals surface area contributed by atoms with E-state index in [9.17, 15) is 8.42 Å². The monoisotopic (exact) mass is 439 g/mol. The van der Waals surface area contributed by atoms with Crippen molar-refractivity contribution in [1.82, 2.24) is 19.5 Å². The van der Waals surface area contributed by atoms with E-state index in [0.717, 1.165) is 30.6 Å². The summed E-state index contributed by atoms with van der Waals surface area (Å²) in [6.07, 6.45) is 6.03. The van der Waals surface area contributed by atoms with E-state index in [2.05, 4.69) is 20.1 Å². The molecule has 162 valence electrons. The molecular formula is C22H25N5O3S. The fourth-order valence-corrected chi connectivity index (χ4v) is 5.85. The molecule has 1 fully saturated rings. The van der Waals surface area contributed by atoms with Gasteiger partial charge in [0.15, 0.2) is 0 Å². The van der Waals surface area contributed by atoms with Crippen LogP contribution in [0, 0.1) is 6.92 Å². The maximum atomic E-state index is 13.3. The molecule has 0 atom stereocenters. The van der Waals surface area contributed by atoms with Crippen LogP contribution in [0.3, 0.4) is 0 Å². The lowest BCUT2D eigenvalue weighted by molar-refractivity contribution is 0.383. The molecular weight excluding hydrogens is 414 g/mol. The Morgan fingerprint density at radius 2 is 1.74 bits per heavy atom. The van der Waals surface area contributed by atoms with Gasteiger partial charge in [-0.3, -0.25) is 0 Å². The van der Waals surface area contributed by atoms with Crippen LogP contribution in [0.1, 0.15) is 29.9 Å². The molecule has 8 nitrogen and oxygen atoms in total. The van der Waals surface area contributed by atoms with Gasteiger partial charge >= 0.3 is 0 Å². The van der Waals surface area contributed by atoms with Crippen molar-refractivity contribution in [2.24, 2.45) is 0 Å². The molecule has 0 N–H and O–H groups in total. The zero-order valence-electron chi connectivity index (χ0n) is 17.5. The number of fused-ring (bicyclic) bond motifs is 1. The lowest BCUT2D eigenvalue weighted by atomic mass is 9.92. The van der Waals surface area contributed by atoms with E-state index in [0.29, 0.717) is 42.9 Å². The van der Waals surface area contributed by atoms with E-state index in [1.165, 1.54) is 17.5 Å². The zero-order valence-corrected chi connectivity index (χ0v) is 18.3. The van der Waals surface area contributed by atoms with Gasteiger partial charge in [-0.15, -0.1) is 10.2 Å². The molecule has 1 aliphatic carbocycles. The van der Waals surface area contributed by atoms with Gasteiger partial charge < -0.3 is 9.32 Å². The van der Waals surface area contributed by atoms with Gasteiger partial charge in [0, 0.05) is 39.3 Å². The number of aromatic nitrogens is 3. The van der Waals surface area contributed by atoms with Gasteiger partial charge in [0.1, 0.15) is 5.82 Å². The average Bonchev–Trinajstić information content (AvgIpc) is 3.25. The molecule has 3 aromatic rings. The molecule has 1 aromatic carbocycles. The van der Waals surface area contributed by atoms with Crippen molar-refractivity contribution < 1.29 is 12.8 Å². The number of sulfonamides is 1. The predicted octanol–water partition coefficient (Wildman–Crippen LogP) is 2.83. The van der Waals surface area contributed by atoms with Gasteiger partial charge in [-0.2, -0.15) is 4.31 Å². The summed E-state index contributed by atoms with van der Waals surface area (Å²) in [5.41, 5.74) is 3.22. The summed E-state index contributed by atoms with van der Waals surface area (Å²) >= 11 is 0. The summed E-state index contributed by atoms with van der Waals surface area (Å²) in [4.78, 5) is 6.99. The van der Waals surface area contributed by atoms with Gasteiger partial charge in [0.05, 0.1) is 10.5 Å². The normalized spacial score (nSPS) is 17.5. The van der Waals surface area contributed by atoms with Crippen LogP contribution in [-0.2, 0) is 22.9 Å². The highest BCUT2D eigenvalue weighted by molar-refractivity contribution is 7.89. The molecule has 0 bridgehead atoms. The number of benzene rings is 1. The highest BCUT2D eigenvalue weighted by Crippen LogP contribution is 2.30. The van der Waals surface area contributed by atoms with Crippen LogP contribution < -0.4 is 4.90 Å². The molecule has 9 heteroatoms. The van der Waals surface area contributed by atoms with Gasteiger partial charge in [-0.25, -0.2) is 13.4 Å². The Bertz CT molecular complexity index is 1200. The maximum absolute atomic E-state index is 13.3. The summed E-state index contributed by atoms with van der Waals surface area (Å²) < 4.78 is 33.7. The Balaban J connectivity index is 1.34. The summed E-state index contributed by atoms with van der Waals surface area (Å²) in [6.45, 7) is 3.63. The molecule has 2 aliphatic rings. The van der Waals surface area contributed by atoms with Crippen molar-refractivity contribution in [2.45, 2.75) is 37.5 Å². The highest BCUT2D eigenvalue weighted by Gasteiger charge is 2.30. The molecule has 2 aromatic heterocycles. The van der Waals surface area contributed by atoms with Gasteiger partial charge in [0.2, 0.25) is 15.9 Å². The van der Waals surface area contributed by atoms with Crippen LogP contribution in [0.5, 0.6) is 0 Å². The van der Waals surface area contributed by atoms with Crippen LogP contribution in [0.2, 0.25) is 0 Å². The highest BCUT2D eigenvalue weighted by atomic mass is 32.2. The molecule has 1 aliphatic heterocycles. The molecule has 31 heavy (non-hydrogen) atoms. The number of anilines is 1. The van der Waals surface area contributed by atoms with Crippen molar-refractivity contribution in [3.8, 4) is 11.5 Å². The fourth-order valence-electron chi connectivity index (χ4n) is 4.38. The number of hydrogen-bond acceptors (Lipinski definition) is 7. The van der Waals surface area contributed by atoms with E-state index >= 15 is 0 Å². The predicted molar refractivity (Wildman–Crippen MR) is 116 cm³/mol. The van der Waals surface area contributed by atoms with E-state index in [-0.39, 0.29) is 0 Å². The van der Waals surface area contributed by atoms with Crippen molar-refractivity contribution in [2.75, 3.05) is 31.1 Å². The Hall–Kier alpha value is -2.78. The van der Waals surface area contributed by atoms with Crippen LogP contribution in [-0.4, -0.2) is 54.1 Å². The van der Waals surface area contributed by atoms with E-state index in [1.54, 1.807) is 23.5 Å². The lowest BCUT2D eigenvalue weighted by Crippen LogP contribution is -2.49. The Labute approximate surface area is 182 Å². The quantitative estimate of drug-likeness (QED) is 0.617. The first-order valence-electron chi connectivity index (χ1n) is 10.6. The Kier molecular flexibility index (Phi) is 5.23. The first kappa shape index (κ1) is 20.1. The van der Waals surface area contributed by atoms with Crippen molar-refractivity contribution in [3.63, 3.8) is 0 Å². The van der Waals surface area contributed by atoms with Crippen molar-refractivity contribution in [3.05, 3.63) is 53.5 Å². The standard InChI is InChI=1S/C22H25N5O3S/c1-16-24-25-22(30-16)20-7-4-10-23-21(20)26-11-13-27(14-12-26)31(28,29)19-9-8-17-5-2-3-6-18(17)15-19/h4,7-10,15H,2-3,5-6,11-14H2,1H3. The summed E-state index contributed by atoms with van der Waals surface area (Å²) in [7, 11) is -3.51. The second-order valence-corrected chi connectivity index (χ2v) is 9.97. The minimum Gasteiger partial charge on any atom is -0.421 e. The Morgan fingerprint density at radius 1 is 0.968 bits per heavy atom. The first-order chi connectivity index (χ1) is 15.0. The summed E-state index contributed by atoms with van der Waals surface area (Å²) in [5.74, 6) is 1.65. The van der Waals surface area contributed by atoms with Crippen LogP contribution in [0.4, 0.5) is 5.82 Å². The summed E-state index contributed by atoms with van der Waals surface area (Å²) in [5, 5.41) is 8.02. The van der Waals surface area contributed by atoms with Crippen molar-refractivity contribution in [1.29, 1.82) is 0 Å². The van der Waals surface area contributed by atoms with Crippen LogP contribution in [0.15, 0.2) is 45.8 Å². The number of rotatable bonds is 4. The van der Waals surface area contributed by atoms with Crippen molar-refractivity contribution >= 4 is 15.8 Å². The molecule has 0 saturated carbocycles. The first-order valence-corrected chi connectivity index (χ1v) is 12.1. The molecule has 0 spiro atoms. The third-order valence-electron chi connectivity index (χ3n) is 6.04. The molecule has 5 rings (SSSR count). The molecule has 3 heterocycles. The number of hydrogen-bond donors (Lipinski definition) is 0. The number of nitrogens with zero attached hydrogens (tertiary/aromatic N) is 5. The van der Waals surface area contributed by atoms with Gasteiger partial charge in [-0.05, 0) is 61.1 Å². The SMILES string of the molecule is Cc1nnc(-c2cccnc2N2CCN(S(=O)(=O)c3ccc4c(c3)CCCC4)CC2)o1. The number of aryl methyl sites for hydroxylation is 3. The smallest absolute Gasteiger partial charge is 0.251 e. The molecule has 0 amide bonds. The lowest BCUT2D eigenvalue weighted by Gasteiger charge is -2.35. The second-order valence-electron chi connectivity index (χ2n) is 8.03. The Morgan fingerprint density at radius 3 is 2.48 bits per heavy atom. The molecule has 0 unspecified atom stereocenters. The van der Waals surface area contributed by atoms with E-state index < -0.39 is 10.0 Å². The molecule has 0 radical (unpaired) electrons. The number of piperazine rings is 1. The minimum atomic E-state index is -3.51. The fraction of sp³-hybridized carbons (Fsp3) is 0.409. The number of pyridine rings is 1. The summed E-state index contributed by atoms with van der Waals surface area (Å²) in [6, 6.07) is 9.36. The maximum Gasteiger partial charge on any atom is 0.251 e. The zero-order chi connectivity index (χ0) is 21.4. The topological polar surface area (TPSA) is 92.4 Å². The van der Waals surface area contributed by atoms with Crippen LogP contribution in [0.25, 0.3) is 11.5 Å². The third-order valence-corrected chi connectivity index (χ3v) is 7.93. The van der Waals surface area contributed by atoms with E-state index in [1.807, 2.05) is 24.3 Å². The second kappa shape index (κ2) is 8.05. The third kappa shape index (κ3) is 3.83. The van der Waals surface area contributed by atoms with Gasteiger partial charge in [0.25, 0.3) is 5.89 Å². The van der Waals surface area contributed by atoms with Gasteiger partial charge in [-0.1, -0.05) is 6.07 Å². The minimum absolute atomic E-state index is 0.401. The molecule has 1 saturated heterocycles. The largest absolute Gasteiger partial charge is 0.421 e.